The SMILES string of the molecule is CC(C)(c1noc(C2CCCCO2)n1)N1CCNCC1. The van der Waals surface area contributed by atoms with Crippen molar-refractivity contribution in [3.05, 3.63) is 11.7 Å². The van der Waals surface area contributed by atoms with Crippen LogP contribution in [0.2, 0.25) is 0 Å². The van der Waals surface area contributed by atoms with E-state index in [0.29, 0.717) is 5.89 Å². The summed E-state index contributed by atoms with van der Waals surface area (Å²) in [5.41, 5.74) is -0.196. The third-order valence-corrected chi connectivity index (χ3v) is 4.35. The fourth-order valence-electron chi connectivity index (χ4n) is 2.92. The van der Waals surface area contributed by atoms with Gasteiger partial charge in [-0.1, -0.05) is 5.16 Å². The zero-order chi connectivity index (χ0) is 14.0. The van der Waals surface area contributed by atoms with Crippen LogP contribution in [0.3, 0.4) is 0 Å². The van der Waals surface area contributed by atoms with Crippen LogP contribution in [0.1, 0.15) is 50.9 Å². The fraction of sp³-hybridized carbons (Fsp3) is 0.857. The van der Waals surface area contributed by atoms with Crippen molar-refractivity contribution in [1.29, 1.82) is 0 Å². The summed E-state index contributed by atoms with van der Waals surface area (Å²) in [6.45, 7) is 9.17. The highest BCUT2D eigenvalue weighted by Gasteiger charge is 2.35. The second-order valence-electron chi connectivity index (χ2n) is 6.11. The maximum Gasteiger partial charge on any atom is 0.255 e. The smallest absolute Gasteiger partial charge is 0.255 e. The van der Waals surface area contributed by atoms with Crippen molar-refractivity contribution >= 4 is 0 Å². The van der Waals surface area contributed by atoms with Crippen molar-refractivity contribution < 1.29 is 9.26 Å². The van der Waals surface area contributed by atoms with Crippen molar-refractivity contribution in [2.75, 3.05) is 32.8 Å². The molecule has 3 rings (SSSR count). The molecule has 2 fully saturated rings. The van der Waals surface area contributed by atoms with Crippen LogP contribution in [-0.4, -0.2) is 47.8 Å². The Labute approximate surface area is 119 Å². The molecule has 0 aliphatic carbocycles. The molecule has 1 aromatic heterocycles. The predicted molar refractivity (Wildman–Crippen MR) is 74.3 cm³/mol. The van der Waals surface area contributed by atoms with E-state index in [1.807, 2.05) is 0 Å². The number of nitrogens with zero attached hydrogens (tertiary/aromatic N) is 3. The average Bonchev–Trinajstić information content (AvgIpc) is 3.00. The molecule has 0 amide bonds. The van der Waals surface area contributed by atoms with Crippen molar-refractivity contribution in [2.24, 2.45) is 0 Å². The van der Waals surface area contributed by atoms with Crippen LogP contribution in [0.15, 0.2) is 4.52 Å². The van der Waals surface area contributed by atoms with E-state index in [1.165, 1.54) is 6.42 Å². The fourth-order valence-corrected chi connectivity index (χ4v) is 2.92. The Morgan fingerprint density at radius 2 is 2.05 bits per heavy atom. The largest absolute Gasteiger partial charge is 0.368 e. The minimum Gasteiger partial charge on any atom is -0.368 e. The molecule has 0 spiro atoms. The molecular weight excluding hydrogens is 256 g/mol. The van der Waals surface area contributed by atoms with Gasteiger partial charge in [-0.15, -0.1) is 0 Å². The molecule has 1 N–H and O–H groups in total. The molecule has 6 heteroatoms. The monoisotopic (exact) mass is 280 g/mol. The van der Waals surface area contributed by atoms with Gasteiger partial charge < -0.3 is 14.6 Å². The van der Waals surface area contributed by atoms with Gasteiger partial charge in [0.15, 0.2) is 5.82 Å². The molecule has 2 aliphatic rings. The third-order valence-electron chi connectivity index (χ3n) is 4.35. The van der Waals surface area contributed by atoms with Crippen molar-refractivity contribution in [2.45, 2.75) is 44.8 Å². The van der Waals surface area contributed by atoms with E-state index in [9.17, 15) is 0 Å². The Kier molecular flexibility index (Phi) is 4.05. The molecule has 2 saturated heterocycles. The molecule has 0 aromatic carbocycles. The average molecular weight is 280 g/mol. The molecule has 1 aromatic rings. The van der Waals surface area contributed by atoms with Gasteiger partial charge in [-0.3, -0.25) is 4.90 Å². The first kappa shape index (κ1) is 14.0. The summed E-state index contributed by atoms with van der Waals surface area (Å²) < 4.78 is 11.2. The maximum absolute atomic E-state index is 5.72. The number of piperazine rings is 1. The summed E-state index contributed by atoms with van der Waals surface area (Å²) in [4.78, 5) is 7.02. The highest BCUT2D eigenvalue weighted by molar-refractivity contribution is 5.04. The summed E-state index contributed by atoms with van der Waals surface area (Å²) in [6, 6.07) is 0. The Hall–Kier alpha value is -0.980. The molecule has 0 radical (unpaired) electrons. The van der Waals surface area contributed by atoms with Crippen LogP contribution in [0.4, 0.5) is 0 Å². The molecule has 3 heterocycles. The lowest BCUT2D eigenvalue weighted by atomic mass is 10.0. The molecule has 112 valence electrons. The highest BCUT2D eigenvalue weighted by Crippen LogP contribution is 2.30. The molecule has 1 atom stereocenters. The van der Waals surface area contributed by atoms with E-state index in [4.69, 9.17) is 9.26 Å². The molecule has 6 nitrogen and oxygen atoms in total. The van der Waals surface area contributed by atoms with Crippen LogP contribution in [0, 0.1) is 0 Å². The van der Waals surface area contributed by atoms with Crippen LogP contribution in [0.5, 0.6) is 0 Å². The summed E-state index contributed by atoms with van der Waals surface area (Å²) in [5, 5.41) is 7.58. The molecule has 0 bridgehead atoms. The molecule has 0 saturated carbocycles. The first-order valence-corrected chi connectivity index (χ1v) is 7.59. The second-order valence-corrected chi connectivity index (χ2v) is 6.11. The first-order valence-electron chi connectivity index (χ1n) is 7.59. The summed E-state index contributed by atoms with van der Waals surface area (Å²) in [5.74, 6) is 1.41. The van der Waals surface area contributed by atoms with Gasteiger partial charge in [-0.2, -0.15) is 4.98 Å². The Morgan fingerprint density at radius 3 is 2.75 bits per heavy atom. The van der Waals surface area contributed by atoms with Gasteiger partial charge in [-0.05, 0) is 33.1 Å². The minimum absolute atomic E-state index is 0.0103. The normalized spacial score (nSPS) is 25.8. The third kappa shape index (κ3) is 2.73. The molecular formula is C14H24N4O2. The van der Waals surface area contributed by atoms with Crippen molar-refractivity contribution in [1.82, 2.24) is 20.4 Å². The van der Waals surface area contributed by atoms with Gasteiger partial charge in [0.2, 0.25) is 0 Å². The van der Waals surface area contributed by atoms with Crippen LogP contribution in [-0.2, 0) is 10.3 Å². The van der Waals surface area contributed by atoms with E-state index in [1.54, 1.807) is 0 Å². The number of rotatable bonds is 3. The number of hydrogen-bond acceptors (Lipinski definition) is 6. The van der Waals surface area contributed by atoms with E-state index in [0.717, 1.165) is 51.5 Å². The highest BCUT2D eigenvalue weighted by atomic mass is 16.5. The van der Waals surface area contributed by atoms with Gasteiger partial charge in [0.25, 0.3) is 5.89 Å². The van der Waals surface area contributed by atoms with E-state index in [-0.39, 0.29) is 11.6 Å². The topological polar surface area (TPSA) is 63.4 Å². The van der Waals surface area contributed by atoms with Gasteiger partial charge >= 0.3 is 0 Å². The Morgan fingerprint density at radius 1 is 1.25 bits per heavy atom. The number of ether oxygens (including phenoxy) is 1. The van der Waals surface area contributed by atoms with E-state index >= 15 is 0 Å². The van der Waals surface area contributed by atoms with Gasteiger partial charge in [0.05, 0.1) is 5.54 Å². The Balaban J connectivity index is 1.74. The van der Waals surface area contributed by atoms with Crippen LogP contribution < -0.4 is 5.32 Å². The van der Waals surface area contributed by atoms with Crippen LogP contribution >= 0.6 is 0 Å². The lowest BCUT2D eigenvalue weighted by Crippen LogP contribution is -2.52. The van der Waals surface area contributed by atoms with E-state index < -0.39 is 0 Å². The number of nitrogens with one attached hydrogen (secondary N) is 1. The zero-order valence-electron chi connectivity index (χ0n) is 12.4. The quantitative estimate of drug-likeness (QED) is 0.904. The van der Waals surface area contributed by atoms with Gasteiger partial charge in [0, 0.05) is 32.8 Å². The van der Waals surface area contributed by atoms with Crippen molar-refractivity contribution in [3.63, 3.8) is 0 Å². The lowest BCUT2D eigenvalue weighted by Gasteiger charge is -2.38. The molecule has 20 heavy (non-hydrogen) atoms. The molecule has 2 aliphatic heterocycles. The second kappa shape index (κ2) is 5.79. The summed E-state index contributed by atoms with van der Waals surface area (Å²) in [7, 11) is 0. The first-order chi connectivity index (χ1) is 9.68. The summed E-state index contributed by atoms with van der Waals surface area (Å²) >= 11 is 0. The molecule has 1 unspecified atom stereocenters. The Bertz CT molecular complexity index is 434. The van der Waals surface area contributed by atoms with Gasteiger partial charge in [0.1, 0.15) is 6.10 Å². The predicted octanol–water partition coefficient (Wildman–Crippen LogP) is 1.45. The van der Waals surface area contributed by atoms with Crippen LogP contribution in [0.25, 0.3) is 0 Å². The summed E-state index contributed by atoms with van der Waals surface area (Å²) in [6.07, 6.45) is 3.27. The van der Waals surface area contributed by atoms with Gasteiger partial charge in [-0.25, -0.2) is 0 Å². The number of aromatic nitrogens is 2. The zero-order valence-corrected chi connectivity index (χ0v) is 12.4. The maximum atomic E-state index is 5.72. The van der Waals surface area contributed by atoms with E-state index in [2.05, 4.69) is 34.2 Å². The number of hydrogen-bond donors (Lipinski definition) is 1. The standard InChI is InChI=1S/C14H24N4O2/c1-14(2,18-8-6-15-7-9-18)13-16-12(20-17-13)11-5-3-4-10-19-11/h11,15H,3-10H2,1-2H3. The minimum atomic E-state index is -0.196. The van der Waals surface area contributed by atoms with Crippen molar-refractivity contribution in [3.8, 4) is 0 Å². The lowest BCUT2D eigenvalue weighted by molar-refractivity contribution is -0.00459.